The predicted molar refractivity (Wildman–Crippen MR) is 47.7 cm³/mol. The van der Waals surface area contributed by atoms with Gasteiger partial charge < -0.3 is 4.90 Å². The highest BCUT2D eigenvalue weighted by atomic mass is 15.2. The van der Waals surface area contributed by atoms with Crippen molar-refractivity contribution in [3.63, 3.8) is 0 Å². The van der Waals surface area contributed by atoms with E-state index < -0.39 is 0 Å². The van der Waals surface area contributed by atoms with Gasteiger partial charge in [-0.15, -0.1) is 0 Å². The highest BCUT2D eigenvalue weighted by Crippen LogP contribution is 1.96. The van der Waals surface area contributed by atoms with Crippen molar-refractivity contribution in [2.24, 2.45) is 0 Å². The fourth-order valence-electron chi connectivity index (χ4n) is 0.522. The van der Waals surface area contributed by atoms with Crippen molar-refractivity contribution in [2.45, 2.75) is 13.8 Å². The first-order valence-electron chi connectivity index (χ1n) is 3.75. The van der Waals surface area contributed by atoms with Crippen LogP contribution in [0.25, 0.3) is 0 Å². The van der Waals surface area contributed by atoms with Gasteiger partial charge in [0, 0.05) is 26.5 Å². The van der Waals surface area contributed by atoms with Crippen LogP contribution in [0, 0.1) is 0 Å². The predicted octanol–water partition coefficient (Wildman–Crippen LogP) is 1.57. The summed E-state index contributed by atoms with van der Waals surface area (Å²) >= 11 is 0. The number of aromatic nitrogens is 2. The Morgan fingerprint density at radius 3 is 1.82 bits per heavy atom. The van der Waals surface area contributed by atoms with Crippen LogP contribution in [0.15, 0.2) is 18.5 Å². The summed E-state index contributed by atoms with van der Waals surface area (Å²) in [6.07, 6.45) is 3.45. The molecule has 3 heteroatoms. The lowest BCUT2D eigenvalue weighted by Crippen LogP contribution is -2.11. The van der Waals surface area contributed by atoms with Crippen LogP contribution in [0.5, 0.6) is 0 Å². The lowest BCUT2D eigenvalue weighted by Gasteiger charge is -2.06. The molecule has 0 atom stereocenters. The summed E-state index contributed by atoms with van der Waals surface area (Å²) in [5.74, 6) is 0.748. The Hall–Kier alpha value is -1.12. The van der Waals surface area contributed by atoms with Gasteiger partial charge in [0.2, 0.25) is 5.95 Å². The monoisotopic (exact) mass is 153 g/mol. The van der Waals surface area contributed by atoms with E-state index in [4.69, 9.17) is 0 Å². The average Bonchev–Trinajstić information content (AvgIpc) is 2.10. The Balaban J connectivity index is 0.000000461. The van der Waals surface area contributed by atoms with Crippen LogP contribution < -0.4 is 4.90 Å². The molecule has 0 N–H and O–H groups in total. The Morgan fingerprint density at radius 2 is 1.55 bits per heavy atom. The van der Waals surface area contributed by atoms with E-state index in [0.29, 0.717) is 0 Å². The zero-order valence-electron chi connectivity index (χ0n) is 7.57. The van der Waals surface area contributed by atoms with E-state index in [9.17, 15) is 0 Å². The Labute approximate surface area is 68.1 Å². The highest BCUT2D eigenvalue weighted by molar-refractivity contribution is 5.23. The van der Waals surface area contributed by atoms with E-state index in [1.807, 2.05) is 32.8 Å². The average molecular weight is 153 g/mol. The second kappa shape index (κ2) is 5.65. The molecule has 1 aromatic rings. The quantitative estimate of drug-likeness (QED) is 0.613. The second-order valence-electron chi connectivity index (χ2n) is 1.94. The van der Waals surface area contributed by atoms with Crippen LogP contribution in [0.1, 0.15) is 13.8 Å². The van der Waals surface area contributed by atoms with E-state index in [1.54, 1.807) is 18.5 Å². The molecule has 3 nitrogen and oxygen atoms in total. The Bertz CT molecular complexity index is 172. The van der Waals surface area contributed by atoms with Gasteiger partial charge in [-0.2, -0.15) is 0 Å². The molecule has 0 saturated carbocycles. The Morgan fingerprint density at radius 1 is 1.09 bits per heavy atom. The van der Waals surface area contributed by atoms with Crippen LogP contribution in [-0.2, 0) is 0 Å². The normalized spacial score (nSPS) is 8.00. The highest BCUT2D eigenvalue weighted by Gasteiger charge is 1.91. The fraction of sp³-hybridized carbons (Fsp3) is 0.500. The first-order valence-corrected chi connectivity index (χ1v) is 3.75. The number of anilines is 1. The molecule has 0 aliphatic heterocycles. The van der Waals surface area contributed by atoms with Gasteiger partial charge in [0.05, 0.1) is 0 Å². The standard InChI is InChI=1S/C6H9N3.C2H6/c1-9(2)6-7-4-3-5-8-6;1-2/h3-5H,1-2H3;1-2H3. The van der Waals surface area contributed by atoms with E-state index in [1.165, 1.54) is 0 Å². The third-order valence-corrected chi connectivity index (χ3v) is 0.952. The van der Waals surface area contributed by atoms with Crippen molar-refractivity contribution >= 4 is 5.95 Å². The molecule has 0 aromatic carbocycles. The molecule has 0 aliphatic carbocycles. The van der Waals surface area contributed by atoms with Gasteiger partial charge in [0.25, 0.3) is 0 Å². The number of hydrogen-bond donors (Lipinski definition) is 0. The molecular formula is C8H15N3. The maximum Gasteiger partial charge on any atom is 0.224 e. The summed E-state index contributed by atoms with van der Waals surface area (Å²) in [7, 11) is 3.82. The molecule has 0 bridgehead atoms. The number of rotatable bonds is 1. The third kappa shape index (κ3) is 3.55. The van der Waals surface area contributed by atoms with Crippen molar-refractivity contribution in [1.82, 2.24) is 9.97 Å². The topological polar surface area (TPSA) is 29.0 Å². The SMILES string of the molecule is CC.CN(C)c1ncccn1. The molecule has 1 heterocycles. The summed E-state index contributed by atoms with van der Waals surface area (Å²) in [6, 6.07) is 1.80. The molecular weight excluding hydrogens is 138 g/mol. The molecule has 1 aromatic heterocycles. The third-order valence-electron chi connectivity index (χ3n) is 0.952. The zero-order chi connectivity index (χ0) is 8.69. The minimum Gasteiger partial charge on any atom is -0.347 e. The Kier molecular flexibility index (Phi) is 5.07. The lowest BCUT2D eigenvalue weighted by molar-refractivity contribution is 0.998. The van der Waals surface area contributed by atoms with E-state index >= 15 is 0 Å². The summed E-state index contributed by atoms with van der Waals surface area (Å²) in [6.45, 7) is 4.00. The summed E-state index contributed by atoms with van der Waals surface area (Å²) < 4.78 is 0. The summed E-state index contributed by atoms with van der Waals surface area (Å²) in [5, 5.41) is 0. The van der Waals surface area contributed by atoms with E-state index in [-0.39, 0.29) is 0 Å². The lowest BCUT2D eigenvalue weighted by atomic mass is 10.7. The molecule has 0 spiro atoms. The number of hydrogen-bond acceptors (Lipinski definition) is 3. The minimum atomic E-state index is 0.748. The van der Waals surface area contributed by atoms with Gasteiger partial charge in [-0.1, -0.05) is 13.8 Å². The van der Waals surface area contributed by atoms with Crippen molar-refractivity contribution in [3.8, 4) is 0 Å². The van der Waals surface area contributed by atoms with Crippen molar-refractivity contribution in [3.05, 3.63) is 18.5 Å². The first-order chi connectivity index (χ1) is 5.30. The molecule has 0 fully saturated rings. The largest absolute Gasteiger partial charge is 0.347 e. The van der Waals surface area contributed by atoms with E-state index in [2.05, 4.69) is 9.97 Å². The molecule has 0 radical (unpaired) electrons. The molecule has 11 heavy (non-hydrogen) atoms. The van der Waals surface area contributed by atoms with Gasteiger partial charge in [-0.05, 0) is 6.07 Å². The summed E-state index contributed by atoms with van der Waals surface area (Å²) in [5.41, 5.74) is 0. The minimum absolute atomic E-state index is 0.748. The van der Waals surface area contributed by atoms with Gasteiger partial charge in [0.1, 0.15) is 0 Å². The molecule has 0 unspecified atom stereocenters. The molecule has 62 valence electrons. The van der Waals surface area contributed by atoms with Gasteiger partial charge in [-0.3, -0.25) is 0 Å². The smallest absolute Gasteiger partial charge is 0.224 e. The first kappa shape index (κ1) is 9.88. The number of nitrogens with zero attached hydrogens (tertiary/aromatic N) is 3. The van der Waals surface area contributed by atoms with Crippen molar-refractivity contribution in [1.29, 1.82) is 0 Å². The van der Waals surface area contributed by atoms with Crippen LogP contribution in [0.2, 0.25) is 0 Å². The van der Waals surface area contributed by atoms with Gasteiger partial charge in [0.15, 0.2) is 0 Å². The van der Waals surface area contributed by atoms with E-state index in [0.717, 1.165) is 5.95 Å². The van der Waals surface area contributed by atoms with Crippen LogP contribution in [-0.4, -0.2) is 24.1 Å². The molecule has 0 saturated heterocycles. The molecule has 0 amide bonds. The maximum absolute atomic E-state index is 3.99. The van der Waals surface area contributed by atoms with Crippen LogP contribution >= 0.6 is 0 Å². The fourth-order valence-corrected chi connectivity index (χ4v) is 0.522. The van der Waals surface area contributed by atoms with Crippen molar-refractivity contribution < 1.29 is 0 Å². The molecule has 1 rings (SSSR count). The van der Waals surface area contributed by atoms with Crippen LogP contribution in [0.4, 0.5) is 5.95 Å². The van der Waals surface area contributed by atoms with Crippen molar-refractivity contribution in [2.75, 3.05) is 19.0 Å². The van der Waals surface area contributed by atoms with Crippen LogP contribution in [0.3, 0.4) is 0 Å². The molecule has 0 aliphatic rings. The zero-order valence-corrected chi connectivity index (χ0v) is 7.57. The summed E-state index contributed by atoms with van der Waals surface area (Å²) in [4.78, 5) is 9.85. The maximum atomic E-state index is 3.99. The second-order valence-corrected chi connectivity index (χ2v) is 1.94. The van der Waals surface area contributed by atoms with Gasteiger partial charge >= 0.3 is 0 Å². The van der Waals surface area contributed by atoms with Gasteiger partial charge in [-0.25, -0.2) is 9.97 Å².